The van der Waals surface area contributed by atoms with Crippen molar-refractivity contribution in [2.24, 2.45) is 0 Å². The number of carbonyl (C=O) groups excluding carboxylic acids is 1. The number of aliphatic hydroxyl groups excluding tert-OH is 1. The first-order chi connectivity index (χ1) is 14.5. The molecule has 0 unspecified atom stereocenters. The summed E-state index contributed by atoms with van der Waals surface area (Å²) in [6, 6.07) is 8.22. The third-order valence-corrected chi connectivity index (χ3v) is 5.17. The summed E-state index contributed by atoms with van der Waals surface area (Å²) in [7, 11) is 0. The van der Waals surface area contributed by atoms with E-state index >= 15 is 0 Å². The maximum absolute atomic E-state index is 14.3. The molecule has 1 aromatic carbocycles. The molecule has 160 valence electrons. The SMILES string of the molecule is CCC[C@H](CO)NC(=O)c1c(C)nc2c(OCc3c(F)cccc3CC)cccn12. The Morgan fingerprint density at radius 2 is 2.10 bits per heavy atom. The number of aryl methyl sites for hydroxylation is 2. The van der Waals surface area contributed by atoms with Crippen LogP contribution in [0.4, 0.5) is 4.39 Å². The van der Waals surface area contributed by atoms with Gasteiger partial charge in [0.1, 0.15) is 18.1 Å². The maximum atomic E-state index is 14.3. The quantitative estimate of drug-likeness (QED) is 0.559. The first-order valence-corrected chi connectivity index (χ1v) is 10.3. The molecule has 2 heterocycles. The molecular weight excluding hydrogens is 385 g/mol. The maximum Gasteiger partial charge on any atom is 0.270 e. The minimum atomic E-state index is -0.305. The van der Waals surface area contributed by atoms with Crippen LogP contribution in [0.1, 0.15) is 54.0 Å². The Morgan fingerprint density at radius 3 is 2.80 bits per heavy atom. The van der Waals surface area contributed by atoms with Gasteiger partial charge < -0.3 is 15.2 Å². The van der Waals surface area contributed by atoms with E-state index in [4.69, 9.17) is 4.74 Å². The van der Waals surface area contributed by atoms with Gasteiger partial charge in [0, 0.05) is 11.8 Å². The number of fused-ring (bicyclic) bond motifs is 1. The number of nitrogens with one attached hydrogen (secondary N) is 1. The average molecular weight is 413 g/mol. The van der Waals surface area contributed by atoms with Crippen LogP contribution in [0, 0.1) is 12.7 Å². The zero-order chi connectivity index (χ0) is 21.7. The largest absolute Gasteiger partial charge is 0.485 e. The summed E-state index contributed by atoms with van der Waals surface area (Å²) in [5, 5.41) is 12.3. The third kappa shape index (κ3) is 4.46. The van der Waals surface area contributed by atoms with E-state index in [1.165, 1.54) is 6.07 Å². The van der Waals surface area contributed by atoms with Gasteiger partial charge in [0.25, 0.3) is 5.91 Å². The number of amides is 1. The van der Waals surface area contributed by atoms with Gasteiger partial charge in [-0.25, -0.2) is 9.37 Å². The van der Waals surface area contributed by atoms with Gasteiger partial charge in [-0.05, 0) is 43.5 Å². The standard InChI is InChI=1S/C23H28FN3O3/c1-4-8-17(13-28)26-23(29)21-15(3)25-22-20(11-7-12-27(21)22)30-14-18-16(5-2)9-6-10-19(18)24/h6-7,9-12,17,28H,4-5,8,13-14H2,1-3H3,(H,26,29)/t17-/m1/s1. The van der Waals surface area contributed by atoms with Crippen LogP contribution < -0.4 is 10.1 Å². The normalized spacial score (nSPS) is 12.2. The molecule has 0 radical (unpaired) electrons. The molecular formula is C23H28FN3O3. The van der Waals surface area contributed by atoms with Gasteiger partial charge in [0.2, 0.25) is 0 Å². The Bertz CT molecular complexity index is 1030. The second-order valence-electron chi connectivity index (χ2n) is 7.27. The molecule has 30 heavy (non-hydrogen) atoms. The number of imidazole rings is 1. The first-order valence-electron chi connectivity index (χ1n) is 10.3. The number of aliphatic hydroxyl groups is 1. The van der Waals surface area contributed by atoms with Crippen LogP contribution in [0.2, 0.25) is 0 Å². The van der Waals surface area contributed by atoms with Crippen LogP contribution in [0.25, 0.3) is 5.65 Å². The Balaban J connectivity index is 1.89. The lowest BCUT2D eigenvalue weighted by Gasteiger charge is -2.15. The van der Waals surface area contributed by atoms with E-state index in [1.54, 1.807) is 35.7 Å². The fourth-order valence-electron chi connectivity index (χ4n) is 3.60. The summed E-state index contributed by atoms with van der Waals surface area (Å²) in [4.78, 5) is 17.3. The Hall–Kier alpha value is -2.93. The van der Waals surface area contributed by atoms with Crippen molar-refractivity contribution < 1.29 is 19.0 Å². The topological polar surface area (TPSA) is 75.9 Å². The highest BCUT2D eigenvalue weighted by atomic mass is 19.1. The molecule has 7 heteroatoms. The molecule has 0 fully saturated rings. The van der Waals surface area contributed by atoms with Crippen molar-refractivity contribution in [3.05, 3.63) is 64.9 Å². The second kappa shape index (κ2) is 9.71. The van der Waals surface area contributed by atoms with Crippen molar-refractivity contribution in [3.8, 4) is 5.75 Å². The fourth-order valence-corrected chi connectivity index (χ4v) is 3.60. The zero-order valence-electron chi connectivity index (χ0n) is 17.6. The van der Waals surface area contributed by atoms with Gasteiger partial charge in [-0.2, -0.15) is 0 Å². The van der Waals surface area contributed by atoms with E-state index in [9.17, 15) is 14.3 Å². The number of ether oxygens (including phenoxy) is 1. The van der Waals surface area contributed by atoms with Crippen molar-refractivity contribution in [1.29, 1.82) is 0 Å². The molecule has 0 saturated carbocycles. The van der Waals surface area contributed by atoms with Crippen molar-refractivity contribution >= 4 is 11.6 Å². The van der Waals surface area contributed by atoms with Gasteiger partial charge >= 0.3 is 0 Å². The Kier molecular flexibility index (Phi) is 7.05. The van der Waals surface area contributed by atoms with E-state index in [0.29, 0.717) is 41.2 Å². The van der Waals surface area contributed by atoms with Gasteiger partial charge in [-0.3, -0.25) is 9.20 Å². The molecule has 1 atom stereocenters. The molecule has 3 aromatic rings. The van der Waals surface area contributed by atoms with Crippen LogP contribution >= 0.6 is 0 Å². The second-order valence-corrected chi connectivity index (χ2v) is 7.27. The number of hydrogen-bond acceptors (Lipinski definition) is 4. The minimum absolute atomic E-state index is 0.0754. The Morgan fingerprint density at radius 1 is 1.30 bits per heavy atom. The molecule has 0 aliphatic carbocycles. The summed E-state index contributed by atoms with van der Waals surface area (Å²) in [5.74, 6) is -0.129. The molecule has 6 nitrogen and oxygen atoms in total. The third-order valence-electron chi connectivity index (χ3n) is 5.17. The van der Waals surface area contributed by atoms with Crippen molar-refractivity contribution in [1.82, 2.24) is 14.7 Å². The van der Waals surface area contributed by atoms with Gasteiger partial charge in [0.05, 0.1) is 18.3 Å². The number of nitrogens with zero attached hydrogens (tertiary/aromatic N) is 2. The molecule has 0 aliphatic heterocycles. The highest BCUT2D eigenvalue weighted by Gasteiger charge is 2.21. The number of halogens is 1. The van der Waals surface area contributed by atoms with E-state index < -0.39 is 0 Å². The number of aromatic nitrogens is 2. The van der Waals surface area contributed by atoms with Crippen LogP contribution in [-0.2, 0) is 13.0 Å². The summed E-state index contributed by atoms with van der Waals surface area (Å²) in [6.45, 7) is 5.68. The summed E-state index contributed by atoms with van der Waals surface area (Å²) >= 11 is 0. The number of rotatable bonds is 9. The summed E-state index contributed by atoms with van der Waals surface area (Å²) in [6.07, 6.45) is 3.99. The molecule has 2 N–H and O–H groups in total. The molecule has 0 saturated heterocycles. The molecule has 0 bridgehead atoms. The molecule has 3 rings (SSSR count). The highest BCUT2D eigenvalue weighted by Crippen LogP contribution is 2.24. The van der Waals surface area contributed by atoms with Crippen LogP contribution in [0.15, 0.2) is 36.5 Å². The minimum Gasteiger partial charge on any atom is -0.485 e. The van der Waals surface area contributed by atoms with E-state index in [1.807, 2.05) is 19.9 Å². The van der Waals surface area contributed by atoms with E-state index in [0.717, 1.165) is 12.0 Å². The highest BCUT2D eigenvalue weighted by molar-refractivity contribution is 5.95. The average Bonchev–Trinajstić information content (AvgIpc) is 3.08. The summed E-state index contributed by atoms with van der Waals surface area (Å²) in [5.41, 5.74) is 2.86. The molecule has 2 aromatic heterocycles. The van der Waals surface area contributed by atoms with E-state index in [-0.39, 0.29) is 31.0 Å². The number of benzene rings is 1. The van der Waals surface area contributed by atoms with E-state index in [2.05, 4.69) is 10.3 Å². The number of carbonyl (C=O) groups is 1. The molecule has 0 aliphatic rings. The predicted molar refractivity (Wildman–Crippen MR) is 113 cm³/mol. The Labute approximate surface area is 175 Å². The van der Waals surface area contributed by atoms with Gasteiger partial charge in [-0.15, -0.1) is 0 Å². The van der Waals surface area contributed by atoms with Crippen molar-refractivity contribution in [3.63, 3.8) is 0 Å². The van der Waals surface area contributed by atoms with Gasteiger partial charge in [-0.1, -0.05) is 32.4 Å². The lowest BCUT2D eigenvalue weighted by atomic mass is 10.1. The monoisotopic (exact) mass is 413 g/mol. The molecule has 1 amide bonds. The smallest absolute Gasteiger partial charge is 0.270 e. The van der Waals surface area contributed by atoms with Crippen molar-refractivity contribution in [2.45, 2.75) is 52.7 Å². The first kappa shape index (κ1) is 21.8. The molecule has 0 spiro atoms. The van der Waals surface area contributed by atoms with Crippen LogP contribution in [-0.4, -0.2) is 33.0 Å². The lowest BCUT2D eigenvalue weighted by molar-refractivity contribution is 0.0906. The number of pyridine rings is 1. The summed E-state index contributed by atoms with van der Waals surface area (Å²) < 4.78 is 21.9. The number of hydrogen-bond donors (Lipinski definition) is 2. The van der Waals surface area contributed by atoms with Crippen LogP contribution in [0.5, 0.6) is 5.75 Å². The van der Waals surface area contributed by atoms with Crippen molar-refractivity contribution in [2.75, 3.05) is 6.61 Å². The van der Waals surface area contributed by atoms with Crippen LogP contribution in [0.3, 0.4) is 0 Å². The van der Waals surface area contributed by atoms with Gasteiger partial charge in [0.15, 0.2) is 11.4 Å². The lowest BCUT2D eigenvalue weighted by Crippen LogP contribution is -2.38. The zero-order valence-corrected chi connectivity index (χ0v) is 17.6. The fraction of sp³-hybridized carbons (Fsp3) is 0.391. The predicted octanol–water partition coefficient (Wildman–Crippen LogP) is 3.81.